The molecule has 25 heavy (non-hydrogen) atoms. The second kappa shape index (κ2) is 5.74. The molecule has 2 saturated heterocycles. The molecule has 2 bridgehead atoms. The molecule has 0 spiro atoms. The number of aromatic nitrogens is 2. The van der Waals surface area contributed by atoms with Gasteiger partial charge in [-0.1, -0.05) is 24.3 Å². The van der Waals surface area contributed by atoms with Crippen LogP contribution in [0.25, 0.3) is 0 Å². The molecular weight excluding hydrogens is 316 g/mol. The molecule has 0 aliphatic carbocycles. The van der Waals surface area contributed by atoms with Gasteiger partial charge in [-0.05, 0) is 23.8 Å². The zero-order chi connectivity index (χ0) is 16.8. The minimum Gasteiger partial charge on any atom is -0.366 e. The van der Waals surface area contributed by atoms with Crippen LogP contribution < -0.4 is 5.32 Å². The number of fused-ring (bicyclic) bond motifs is 5. The van der Waals surface area contributed by atoms with E-state index in [-0.39, 0.29) is 18.2 Å². The minimum absolute atomic E-state index is 0.0198. The molecule has 4 heterocycles. The number of carbonyl (C=O) groups is 1. The van der Waals surface area contributed by atoms with E-state index in [1.165, 1.54) is 0 Å². The predicted molar refractivity (Wildman–Crippen MR) is 93.1 cm³/mol. The van der Waals surface area contributed by atoms with Crippen LogP contribution in [0.3, 0.4) is 0 Å². The summed E-state index contributed by atoms with van der Waals surface area (Å²) in [6.45, 7) is 2.28. The fourth-order valence-electron chi connectivity index (χ4n) is 4.17. The van der Waals surface area contributed by atoms with Gasteiger partial charge in [0.1, 0.15) is 0 Å². The Kier molecular flexibility index (Phi) is 3.38. The summed E-state index contributed by atoms with van der Waals surface area (Å²) in [6, 6.07) is 9.83. The number of hydrogen-bond acceptors (Lipinski definition) is 3. The summed E-state index contributed by atoms with van der Waals surface area (Å²) in [5, 5.41) is 7.22. The number of nitrogens with zero attached hydrogens (tertiary/aromatic N) is 3. The van der Waals surface area contributed by atoms with Crippen LogP contribution in [0.4, 0.5) is 10.5 Å². The van der Waals surface area contributed by atoms with Crippen molar-refractivity contribution in [2.24, 2.45) is 11.8 Å². The van der Waals surface area contributed by atoms with Crippen LogP contribution >= 0.6 is 0 Å². The average Bonchev–Trinajstić information content (AvgIpc) is 3.39. The molecule has 128 valence electrons. The number of anilines is 1. The van der Waals surface area contributed by atoms with Crippen molar-refractivity contribution >= 4 is 11.7 Å². The summed E-state index contributed by atoms with van der Waals surface area (Å²) in [5.41, 5.74) is 1.97. The molecule has 1 aromatic heterocycles. The molecule has 4 unspecified atom stereocenters. The van der Waals surface area contributed by atoms with Gasteiger partial charge in [0.15, 0.2) is 0 Å². The fourth-order valence-corrected chi connectivity index (χ4v) is 4.17. The Morgan fingerprint density at radius 1 is 1.16 bits per heavy atom. The Labute approximate surface area is 146 Å². The van der Waals surface area contributed by atoms with Gasteiger partial charge in [-0.15, -0.1) is 0 Å². The Hall–Kier alpha value is -2.60. The Morgan fingerprint density at radius 2 is 1.88 bits per heavy atom. The number of carbonyl (C=O) groups excluding carboxylic acids is 1. The number of rotatable bonds is 3. The first kappa shape index (κ1) is 14.7. The molecule has 1 aromatic carbocycles. The first-order chi connectivity index (χ1) is 12.3. The lowest BCUT2D eigenvalue weighted by Crippen LogP contribution is -2.35. The first-order valence-corrected chi connectivity index (χ1v) is 8.72. The van der Waals surface area contributed by atoms with Crippen molar-refractivity contribution in [2.45, 2.75) is 18.8 Å². The van der Waals surface area contributed by atoms with Crippen molar-refractivity contribution in [1.29, 1.82) is 0 Å². The van der Waals surface area contributed by atoms with E-state index in [1.807, 2.05) is 46.1 Å². The summed E-state index contributed by atoms with van der Waals surface area (Å²) in [7, 11) is 0. The van der Waals surface area contributed by atoms with Gasteiger partial charge in [0.05, 0.1) is 18.8 Å². The van der Waals surface area contributed by atoms with E-state index in [4.69, 9.17) is 4.74 Å². The number of benzene rings is 1. The van der Waals surface area contributed by atoms with Gasteiger partial charge in [-0.2, -0.15) is 5.10 Å². The summed E-state index contributed by atoms with van der Waals surface area (Å²) in [6.07, 6.45) is 8.40. The van der Waals surface area contributed by atoms with Gasteiger partial charge in [-0.25, -0.2) is 4.79 Å². The van der Waals surface area contributed by atoms with E-state index >= 15 is 0 Å². The molecule has 6 nitrogen and oxygen atoms in total. The lowest BCUT2D eigenvalue weighted by atomic mass is 9.86. The lowest BCUT2D eigenvalue weighted by molar-refractivity contribution is 0.0892. The molecule has 0 saturated carbocycles. The standard InChI is InChI=1S/C19H20N4O2/c24-19(22-11-15-16(12-22)18-7-6-17(15)25-18)21-14-4-2-13(3-5-14)10-23-9-1-8-20-23/h1-9,15-18H,10-12H2,(H,21,24). The first-order valence-electron chi connectivity index (χ1n) is 8.72. The number of nitrogens with one attached hydrogen (secondary N) is 1. The topological polar surface area (TPSA) is 59.4 Å². The normalized spacial score (nSPS) is 29.2. The van der Waals surface area contributed by atoms with Gasteiger partial charge < -0.3 is 15.0 Å². The van der Waals surface area contributed by atoms with Crippen molar-refractivity contribution in [3.8, 4) is 0 Å². The van der Waals surface area contributed by atoms with Crippen LogP contribution in [0.1, 0.15) is 5.56 Å². The molecule has 2 amide bonds. The second-order valence-electron chi connectivity index (χ2n) is 7.01. The second-order valence-corrected chi connectivity index (χ2v) is 7.01. The van der Waals surface area contributed by atoms with Gasteiger partial charge in [-0.3, -0.25) is 4.68 Å². The summed E-state index contributed by atoms with van der Waals surface area (Å²) in [4.78, 5) is 14.5. The SMILES string of the molecule is O=C(Nc1ccc(Cn2cccn2)cc1)N1CC2C3C=CC(O3)C2C1. The van der Waals surface area contributed by atoms with E-state index in [2.05, 4.69) is 22.6 Å². The molecule has 6 heteroatoms. The molecule has 4 atom stereocenters. The lowest BCUT2D eigenvalue weighted by Gasteiger charge is -2.19. The van der Waals surface area contributed by atoms with Gasteiger partial charge in [0, 0.05) is 43.0 Å². The summed E-state index contributed by atoms with van der Waals surface area (Å²) >= 11 is 0. The van der Waals surface area contributed by atoms with Gasteiger partial charge in [0.2, 0.25) is 0 Å². The van der Waals surface area contributed by atoms with Crippen molar-refractivity contribution in [2.75, 3.05) is 18.4 Å². The zero-order valence-electron chi connectivity index (χ0n) is 13.8. The highest BCUT2D eigenvalue weighted by Crippen LogP contribution is 2.43. The van der Waals surface area contributed by atoms with E-state index in [1.54, 1.807) is 6.20 Å². The van der Waals surface area contributed by atoms with Crippen LogP contribution in [0.2, 0.25) is 0 Å². The molecule has 2 fully saturated rings. The maximum absolute atomic E-state index is 12.6. The van der Waals surface area contributed by atoms with Gasteiger partial charge in [0.25, 0.3) is 0 Å². The number of amides is 2. The molecule has 2 aromatic rings. The zero-order valence-corrected chi connectivity index (χ0v) is 13.8. The van der Waals surface area contributed by atoms with E-state index < -0.39 is 0 Å². The molecule has 3 aliphatic heterocycles. The van der Waals surface area contributed by atoms with Crippen LogP contribution in [0, 0.1) is 11.8 Å². The summed E-state index contributed by atoms with van der Waals surface area (Å²) < 4.78 is 7.74. The fraction of sp³-hybridized carbons (Fsp3) is 0.368. The number of hydrogen-bond donors (Lipinski definition) is 1. The van der Waals surface area contributed by atoms with Crippen LogP contribution in [0.5, 0.6) is 0 Å². The van der Waals surface area contributed by atoms with E-state index in [0.29, 0.717) is 11.8 Å². The third-order valence-electron chi connectivity index (χ3n) is 5.46. The number of urea groups is 1. The van der Waals surface area contributed by atoms with Crippen molar-refractivity contribution in [3.63, 3.8) is 0 Å². The monoisotopic (exact) mass is 336 g/mol. The van der Waals surface area contributed by atoms with Crippen LogP contribution in [-0.2, 0) is 11.3 Å². The maximum Gasteiger partial charge on any atom is 0.321 e. The number of ether oxygens (including phenoxy) is 1. The Balaban J connectivity index is 1.20. The smallest absolute Gasteiger partial charge is 0.321 e. The largest absolute Gasteiger partial charge is 0.366 e. The third-order valence-corrected chi connectivity index (χ3v) is 5.46. The predicted octanol–water partition coefficient (Wildman–Crippen LogP) is 2.35. The van der Waals surface area contributed by atoms with Crippen LogP contribution in [0.15, 0.2) is 54.9 Å². The minimum atomic E-state index is -0.0198. The maximum atomic E-state index is 12.6. The van der Waals surface area contributed by atoms with Crippen LogP contribution in [-0.4, -0.2) is 46.0 Å². The Bertz CT molecular complexity index is 779. The highest BCUT2D eigenvalue weighted by Gasteiger charge is 2.51. The van der Waals surface area contributed by atoms with E-state index in [9.17, 15) is 4.79 Å². The van der Waals surface area contributed by atoms with Crippen molar-refractivity contribution < 1.29 is 9.53 Å². The van der Waals surface area contributed by atoms with Crippen molar-refractivity contribution in [3.05, 3.63) is 60.4 Å². The molecule has 1 N–H and O–H groups in total. The third kappa shape index (κ3) is 2.62. The van der Waals surface area contributed by atoms with Gasteiger partial charge >= 0.3 is 6.03 Å². The molecular formula is C19H20N4O2. The quantitative estimate of drug-likeness (QED) is 0.876. The highest BCUT2D eigenvalue weighted by atomic mass is 16.5. The number of likely N-dealkylation sites (tertiary alicyclic amines) is 1. The molecule has 5 rings (SSSR count). The highest BCUT2D eigenvalue weighted by molar-refractivity contribution is 5.89. The van der Waals surface area contributed by atoms with Crippen molar-refractivity contribution in [1.82, 2.24) is 14.7 Å². The molecule has 3 aliphatic rings. The summed E-state index contributed by atoms with van der Waals surface area (Å²) in [5.74, 6) is 0.911. The molecule has 0 radical (unpaired) electrons. The average molecular weight is 336 g/mol. The Morgan fingerprint density at radius 3 is 2.52 bits per heavy atom. The van der Waals surface area contributed by atoms with E-state index in [0.717, 1.165) is 30.9 Å².